The summed E-state index contributed by atoms with van der Waals surface area (Å²) in [5.41, 5.74) is 3.22. The SMILES string of the molecule is CSc1nc(-c2ccc(N3CCCCC3)cc2C)c(C#N)c(=O)[nH]1. The van der Waals surface area contributed by atoms with Gasteiger partial charge < -0.3 is 9.88 Å². The summed E-state index contributed by atoms with van der Waals surface area (Å²) in [7, 11) is 0. The zero-order valence-corrected chi connectivity index (χ0v) is 14.7. The number of piperidine rings is 1. The minimum atomic E-state index is -0.383. The Morgan fingerprint density at radius 1 is 1.29 bits per heavy atom. The van der Waals surface area contributed by atoms with Crippen molar-refractivity contribution in [2.45, 2.75) is 31.3 Å². The van der Waals surface area contributed by atoms with E-state index in [0.29, 0.717) is 10.9 Å². The van der Waals surface area contributed by atoms with Gasteiger partial charge in [-0.1, -0.05) is 17.8 Å². The smallest absolute Gasteiger partial charge is 0.270 e. The number of nitriles is 1. The van der Waals surface area contributed by atoms with E-state index < -0.39 is 0 Å². The highest BCUT2D eigenvalue weighted by Crippen LogP contribution is 2.29. The molecule has 1 fully saturated rings. The van der Waals surface area contributed by atoms with Gasteiger partial charge in [0.2, 0.25) is 0 Å². The summed E-state index contributed by atoms with van der Waals surface area (Å²) in [4.78, 5) is 21.6. The van der Waals surface area contributed by atoms with E-state index in [4.69, 9.17) is 0 Å². The van der Waals surface area contributed by atoms with Crippen LogP contribution in [0, 0.1) is 18.3 Å². The van der Waals surface area contributed by atoms with Gasteiger partial charge in [0.25, 0.3) is 5.56 Å². The van der Waals surface area contributed by atoms with E-state index in [1.807, 2.05) is 25.3 Å². The molecule has 6 heteroatoms. The number of H-pyrrole nitrogens is 1. The summed E-state index contributed by atoms with van der Waals surface area (Å²) < 4.78 is 0. The van der Waals surface area contributed by atoms with Crippen LogP contribution in [-0.4, -0.2) is 29.3 Å². The molecule has 0 bridgehead atoms. The van der Waals surface area contributed by atoms with Gasteiger partial charge in [-0.25, -0.2) is 4.98 Å². The zero-order valence-electron chi connectivity index (χ0n) is 13.9. The fourth-order valence-corrected chi connectivity index (χ4v) is 3.49. The maximum atomic E-state index is 12.1. The number of rotatable bonds is 3. The standard InChI is InChI=1S/C18H20N4OS/c1-12-10-13(22-8-4-3-5-9-22)6-7-14(12)16-15(11-19)17(23)21-18(20-16)24-2/h6-7,10H,3-5,8-9H2,1-2H3,(H,20,21,23). The van der Waals surface area contributed by atoms with E-state index in [1.165, 1.54) is 36.7 Å². The second kappa shape index (κ2) is 7.10. The number of thioether (sulfide) groups is 1. The van der Waals surface area contributed by atoms with Crippen molar-refractivity contribution >= 4 is 17.4 Å². The number of nitrogens with one attached hydrogen (secondary N) is 1. The van der Waals surface area contributed by atoms with Crippen molar-refractivity contribution in [3.05, 3.63) is 39.7 Å². The van der Waals surface area contributed by atoms with Gasteiger partial charge >= 0.3 is 0 Å². The number of aromatic nitrogens is 2. The molecule has 124 valence electrons. The summed E-state index contributed by atoms with van der Waals surface area (Å²) in [5, 5.41) is 9.87. The van der Waals surface area contributed by atoms with Gasteiger partial charge in [-0.05, 0) is 50.1 Å². The molecule has 1 aliphatic heterocycles. The highest BCUT2D eigenvalue weighted by molar-refractivity contribution is 7.98. The number of aryl methyl sites for hydroxylation is 1. The fourth-order valence-electron chi connectivity index (χ4n) is 3.11. The van der Waals surface area contributed by atoms with Gasteiger partial charge in [0.1, 0.15) is 11.6 Å². The van der Waals surface area contributed by atoms with Crippen molar-refractivity contribution in [2.24, 2.45) is 0 Å². The first-order valence-electron chi connectivity index (χ1n) is 8.08. The molecule has 0 saturated carbocycles. The molecule has 1 aliphatic rings. The molecule has 0 unspecified atom stereocenters. The van der Waals surface area contributed by atoms with Crippen LogP contribution in [0.3, 0.4) is 0 Å². The molecule has 24 heavy (non-hydrogen) atoms. The molecule has 0 atom stereocenters. The van der Waals surface area contributed by atoms with Crippen LogP contribution in [0.1, 0.15) is 30.4 Å². The molecular formula is C18H20N4OS. The molecular weight excluding hydrogens is 320 g/mol. The molecule has 1 N–H and O–H groups in total. The normalized spacial score (nSPS) is 14.5. The predicted molar refractivity (Wildman–Crippen MR) is 97.6 cm³/mol. The first kappa shape index (κ1) is 16.6. The molecule has 2 aromatic rings. The van der Waals surface area contributed by atoms with Crippen molar-refractivity contribution in [2.75, 3.05) is 24.2 Å². The van der Waals surface area contributed by atoms with Crippen LogP contribution >= 0.6 is 11.8 Å². The third-order valence-electron chi connectivity index (χ3n) is 4.39. The number of nitrogens with zero attached hydrogens (tertiary/aromatic N) is 3. The Morgan fingerprint density at radius 2 is 2.04 bits per heavy atom. The minimum Gasteiger partial charge on any atom is -0.372 e. The molecule has 0 spiro atoms. The summed E-state index contributed by atoms with van der Waals surface area (Å²) in [6, 6.07) is 8.17. The monoisotopic (exact) mass is 340 g/mol. The zero-order chi connectivity index (χ0) is 17.1. The molecule has 2 heterocycles. The van der Waals surface area contributed by atoms with Crippen LogP contribution in [0.25, 0.3) is 11.3 Å². The van der Waals surface area contributed by atoms with E-state index in [0.717, 1.165) is 24.2 Å². The van der Waals surface area contributed by atoms with Gasteiger partial charge in [-0.2, -0.15) is 5.26 Å². The van der Waals surface area contributed by atoms with E-state index in [9.17, 15) is 10.1 Å². The Morgan fingerprint density at radius 3 is 2.67 bits per heavy atom. The van der Waals surface area contributed by atoms with Gasteiger partial charge in [-0.3, -0.25) is 4.79 Å². The van der Waals surface area contributed by atoms with E-state index in [-0.39, 0.29) is 11.1 Å². The molecule has 1 aromatic heterocycles. The van der Waals surface area contributed by atoms with Crippen LogP contribution in [0.2, 0.25) is 0 Å². The Balaban J connectivity index is 2.06. The van der Waals surface area contributed by atoms with Crippen LogP contribution in [0.4, 0.5) is 5.69 Å². The summed E-state index contributed by atoms with van der Waals surface area (Å²) in [5.74, 6) is 0. The first-order valence-corrected chi connectivity index (χ1v) is 9.31. The summed E-state index contributed by atoms with van der Waals surface area (Å²) >= 11 is 1.36. The highest BCUT2D eigenvalue weighted by Gasteiger charge is 2.17. The second-order valence-electron chi connectivity index (χ2n) is 5.96. The van der Waals surface area contributed by atoms with Crippen molar-refractivity contribution in [3.63, 3.8) is 0 Å². The maximum Gasteiger partial charge on any atom is 0.270 e. The Bertz CT molecular complexity index is 847. The molecule has 0 aliphatic carbocycles. The predicted octanol–water partition coefficient (Wildman–Crippen LogP) is 3.33. The van der Waals surface area contributed by atoms with Crippen molar-refractivity contribution < 1.29 is 0 Å². The Hall–Kier alpha value is -2.26. The highest BCUT2D eigenvalue weighted by atomic mass is 32.2. The fraction of sp³-hybridized carbons (Fsp3) is 0.389. The van der Waals surface area contributed by atoms with E-state index in [2.05, 4.69) is 27.0 Å². The summed E-state index contributed by atoms with van der Waals surface area (Å²) in [6.07, 6.45) is 5.60. The van der Waals surface area contributed by atoms with Crippen LogP contribution in [0.5, 0.6) is 0 Å². The molecule has 3 rings (SSSR count). The van der Waals surface area contributed by atoms with Gasteiger partial charge in [0.05, 0.1) is 5.69 Å². The van der Waals surface area contributed by atoms with E-state index >= 15 is 0 Å². The lowest BCUT2D eigenvalue weighted by molar-refractivity contribution is 0.578. The lowest BCUT2D eigenvalue weighted by Gasteiger charge is -2.29. The van der Waals surface area contributed by atoms with Crippen molar-refractivity contribution in [3.8, 4) is 17.3 Å². The average Bonchev–Trinajstić information content (AvgIpc) is 2.61. The quantitative estimate of drug-likeness (QED) is 0.685. The molecule has 0 amide bonds. The van der Waals surface area contributed by atoms with Crippen molar-refractivity contribution in [1.82, 2.24) is 9.97 Å². The van der Waals surface area contributed by atoms with Gasteiger partial charge in [0, 0.05) is 24.3 Å². The van der Waals surface area contributed by atoms with E-state index in [1.54, 1.807) is 0 Å². The van der Waals surface area contributed by atoms with Gasteiger partial charge in [-0.15, -0.1) is 0 Å². The number of hydrogen-bond donors (Lipinski definition) is 1. The third-order valence-corrected chi connectivity index (χ3v) is 4.97. The topological polar surface area (TPSA) is 72.8 Å². The molecule has 1 aromatic carbocycles. The summed E-state index contributed by atoms with van der Waals surface area (Å²) in [6.45, 7) is 4.18. The number of aromatic amines is 1. The van der Waals surface area contributed by atoms with Crippen molar-refractivity contribution in [1.29, 1.82) is 5.26 Å². The van der Waals surface area contributed by atoms with Crippen LogP contribution in [-0.2, 0) is 0 Å². The largest absolute Gasteiger partial charge is 0.372 e. The minimum absolute atomic E-state index is 0.0709. The Kier molecular flexibility index (Phi) is 4.91. The average molecular weight is 340 g/mol. The number of hydrogen-bond acceptors (Lipinski definition) is 5. The second-order valence-corrected chi connectivity index (χ2v) is 6.75. The maximum absolute atomic E-state index is 12.1. The number of benzene rings is 1. The van der Waals surface area contributed by atoms with Crippen LogP contribution < -0.4 is 10.5 Å². The number of anilines is 1. The molecule has 1 saturated heterocycles. The van der Waals surface area contributed by atoms with Crippen LogP contribution in [0.15, 0.2) is 28.2 Å². The third kappa shape index (κ3) is 3.17. The Labute approximate surface area is 145 Å². The lowest BCUT2D eigenvalue weighted by Crippen LogP contribution is -2.29. The lowest BCUT2D eigenvalue weighted by atomic mass is 10.0. The molecule has 5 nitrogen and oxygen atoms in total. The first-order chi connectivity index (χ1) is 11.6. The molecule has 0 radical (unpaired) electrons. The van der Waals surface area contributed by atoms with Gasteiger partial charge in [0.15, 0.2) is 5.16 Å².